The smallest absolute Gasteiger partial charge is 0.0332 e. The minimum Gasteiger partial charge on any atom is -0.329 e. The molecule has 1 heterocycles. The van der Waals surface area contributed by atoms with E-state index in [-0.39, 0.29) is 0 Å². The van der Waals surface area contributed by atoms with E-state index in [0.29, 0.717) is 5.54 Å². The zero-order valence-corrected chi connectivity index (χ0v) is 13.3. The van der Waals surface area contributed by atoms with E-state index in [9.17, 15) is 0 Å². The molecule has 0 aromatic carbocycles. The van der Waals surface area contributed by atoms with Gasteiger partial charge in [-0.1, -0.05) is 19.8 Å². The van der Waals surface area contributed by atoms with Crippen molar-refractivity contribution >= 4 is 11.8 Å². The molecule has 1 atom stereocenters. The van der Waals surface area contributed by atoms with Crippen LogP contribution in [0, 0.1) is 5.41 Å². The molecule has 1 saturated heterocycles. The van der Waals surface area contributed by atoms with E-state index in [1.807, 2.05) is 0 Å². The maximum Gasteiger partial charge on any atom is 0.0332 e. The van der Waals surface area contributed by atoms with Crippen LogP contribution in [0.2, 0.25) is 0 Å². The lowest BCUT2D eigenvalue weighted by atomic mass is 9.66. The van der Waals surface area contributed by atoms with E-state index in [1.165, 1.54) is 70.2 Å². The van der Waals surface area contributed by atoms with E-state index in [2.05, 4.69) is 23.6 Å². The molecule has 2 nitrogen and oxygen atoms in total. The van der Waals surface area contributed by atoms with Crippen LogP contribution in [0.5, 0.6) is 0 Å². The van der Waals surface area contributed by atoms with Crippen LogP contribution in [-0.4, -0.2) is 41.1 Å². The summed E-state index contributed by atoms with van der Waals surface area (Å²) < 4.78 is 0. The van der Waals surface area contributed by atoms with Crippen LogP contribution >= 0.6 is 11.8 Å². The highest BCUT2D eigenvalue weighted by molar-refractivity contribution is 7.99. The minimum atomic E-state index is 0.350. The summed E-state index contributed by atoms with van der Waals surface area (Å²) in [6.45, 7) is 5.77. The number of rotatable bonds is 2. The first kappa shape index (κ1) is 14.2. The highest BCUT2D eigenvalue weighted by Crippen LogP contribution is 2.52. The van der Waals surface area contributed by atoms with Gasteiger partial charge in [-0.05, 0) is 43.9 Å². The van der Waals surface area contributed by atoms with Crippen LogP contribution < -0.4 is 5.73 Å². The van der Waals surface area contributed by atoms with Crippen molar-refractivity contribution in [2.24, 2.45) is 11.1 Å². The summed E-state index contributed by atoms with van der Waals surface area (Å²) in [6, 6.07) is 0. The van der Waals surface area contributed by atoms with Gasteiger partial charge in [-0.15, -0.1) is 0 Å². The van der Waals surface area contributed by atoms with Crippen molar-refractivity contribution in [3.8, 4) is 0 Å². The normalized spacial score (nSPS) is 34.7. The van der Waals surface area contributed by atoms with E-state index < -0.39 is 0 Å². The lowest BCUT2D eigenvalue weighted by Gasteiger charge is -2.52. The van der Waals surface area contributed by atoms with Crippen LogP contribution in [0.25, 0.3) is 0 Å². The van der Waals surface area contributed by atoms with E-state index >= 15 is 0 Å². The monoisotopic (exact) mass is 282 g/mol. The Morgan fingerprint density at radius 3 is 2.37 bits per heavy atom. The first-order chi connectivity index (χ1) is 9.18. The SMILES string of the molecule is CC1CN(C2(CN)CCC3(CCCC3)CC2)CCS1. The van der Waals surface area contributed by atoms with Gasteiger partial charge in [0.25, 0.3) is 0 Å². The van der Waals surface area contributed by atoms with Gasteiger partial charge in [0.05, 0.1) is 0 Å². The molecule has 0 aromatic rings. The molecule has 2 saturated carbocycles. The molecule has 3 rings (SSSR count). The molecule has 0 bridgehead atoms. The number of thioether (sulfide) groups is 1. The van der Waals surface area contributed by atoms with Crippen LogP contribution in [-0.2, 0) is 0 Å². The topological polar surface area (TPSA) is 29.3 Å². The van der Waals surface area contributed by atoms with Gasteiger partial charge in [0.15, 0.2) is 0 Å². The second-order valence-corrected chi connectivity index (χ2v) is 8.81. The fourth-order valence-electron chi connectivity index (χ4n) is 4.77. The molecule has 1 aliphatic heterocycles. The lowest BCUT2D eigenvalue weighted by Crippen LogP contribution is -2.59. The summed E-state index contributed by atoms with van der Waals surface area (Å²) >= 11 is 2.13. The highest BCUT2D eigenvalue weighted by Gasteiger charge is 2.46. The summed E-state index contributed by atoms with van der Waals surface area (Å²) in [6.07, 6.45) is 11.6. The van der Waals surface area contributed by atoms with Gasteiger partial charge in [0.1, 0.15) is 0 Å². The van der Waals surface area contributed by atoms with Crippen LogP contribution in [0.15, 0.2) is 0 Å². The number of hydrogen-bond donors (Lipinski definition) is 1. The van der Waals surface area contributed by atoms with Crippen molar-refractivity contribution in [3.63, 3.8) is 0 Å². The van der Waals surface area contributed by atoms with Gasteiger partial charge in [-0.2, -0.15) is 11.8 Å². The molecule has 110 valence electrons. The molecule has 3 fully saturated rings. The molecule has 0 aromatic heterocycles. The van der Waals surface area contributed by atoms with E-state index in [1.54, 1.807) is 0 Å². The van der Waals surface area contributed by atoms with Gasteiger partial charge < -0.3 is 5.73 Å². The average Bonchev–Trinajstić information content (AvgIpc) is 2.89. The van der Waals surface area contributed by atoms with Crippen LogP contribution in [0.3, 0.4) is 0 Å². The van der Waals surface area contributed by atoms with Crippen molar-refractivity contribution in [2.45, 2.75) is 69.1 Å². The molecular weight excluding hydrogens is 252 g/mol. The maximum absolute atomic E-state index is 6.25. The Labute approximate surface area is 122 Å². The Balaban J connectivity index is 1.67. The predicted molar refractivity (Wildman–Crippen MR) is 84.6 cm³/mol. The Kier molecular flexibility index (Phi) is 4.17. The molecule has 1 spiro atoms. The standard InChI is InChI=1S/C16H30N2S/c1-14-12-18(10-11-19-14)16(13-17)8-6-15(7-9-16)4-2-3-5-15/h14H,2-13,17H2,1H3. The first-order valence-corrected chi connectivity index (χ1v) is 9.30. The molecule has 0 radical (unpaired) electrons. The second kappa shape index (κ2) is 5.57. The third kappa shape index (κ3) is 2.71. The highest BCUT2D eigenvalue weighted by atomic mass is 32.2. The van der Waals surface area contributed by atoms with Gasteiger partial charge in [0.2, 0.25) is 0 Å². The van der Waals surface area contributed by atoms with Crippen molar-refractivity contribution < 1.29 is 0 Å². The average molecular weight is 282 g/mol. The zero-order chi connectivity index (χ0) is 13.3. The van der Waals surface area contributed by atoms with E-state index in [0.717, 1.165) is 17.2 Å². The quantitative estimate of drug-likeness (QED) is 0.843. The molecule has 0 amide bonds. The Bertz CT molecular complexity index is 302. The van der Waals surface area contributed by atoms with Crippen molar-refractivity contribution in [1.82, 2.24) is 4.90 Å². The van der Waals surface area contributed by atoms with Crippen molar-refractivity contribution in [1.29, 1.82) is 0 Å². The molecule has 3 aliphatic rings. The van der Waals surface area contributed by atoms with Crippen LogP contribution in [0.4, 0.5) is 0 Å². The lowest BCUT2D eigenvalue weighted by molar-refractivity contribution is 0.0165. The second-order valence-electron chi connectivity index (χ2n) is 7.26. The fraction of sp³-hybridized carbons (Fsp3) is 1.00. The molecule has 2 aliphatic carbocycles. The summed E-state index contributed by atoms with van der Waals surface area (Å²) in [4.78, 5) is 2.76. The summed E-state index contributed by atoms with van der Waals surface area (Å²) in [7, 11) is 0. The van der Waals surface area contributed by atoms with Crippen molar-refractivity contribution in [3.05, 3.63) is 0 Å². The molecular formula is C16H30N2S. The largest absolute Gasteiger partial charge is 0.329 e. The Morgan fingerprint density at radius 1 is 1.11 bits per heavy atom. The third-order valence-corrected chi connectivity index (χ3v) is 7.33. The number of hydrogen-bond acceptors (Lipinski definition) is 3. The minimum absolute atomic E-state index is 0.350. The van der Waals surface area contributed by atoms with Crippen LogP contribution in [0.1, 0.15) is 58.3 Å². The predicted octanol–water partition coefficient (Wildman–Crippen LogP) is 3.26. The third-order valence-electron chi connectivity index (χ3n) is 6.20. The van der Waals surface area contributed by atoms with Crippen molar-refractivity contribution in [2.75, 3.05) is 25.4 Å². The Hall–Kier alpha value is 0.270. The maximum atomic E-state index is 6.25. The van der Waals surface area contributed by atoms with E-state index in [4.69, 9.17) is 5.73 Å². The number of nitrogens with zero attached hydrogens (tertiary/aromatic N) is 1. The number of nitrogens with two attached hydrogens (primary N) is 1. The van der Waals surface area contributed by atoms with Gasteiger partial charge in [-0.25, -0.2) is 0 Å². The first-order valence-electron chi connectivity index (χ1n) is 8.25. The van der Waals surface area contributed by atoms with Gasteiger partial charge >= 0.3 is 0 Å². The fourth-order valence-corrected chi connectivity index (χ4v) is 5.78. The summed E-state index contributed by atoms with van der Waals surface area (Å²) in [5.74, 6) is 1.30. The Morgan fingerprint density at radius 2 is 1.79 bits per heavy atom. The summed E-state index contributed by atoms with van der Waals surface area (Å²) in [5, 5.41) is 0.791. The molecule has 19 heavy (non-hydrogen) atoms. The molecule has 3 heteroatoms. The summed E-state index contributed by atoms with van der Waals surface area (Å²) in [5.41, 5.74) is 7.33. The molecule has 1 unspecified atom stereocenters. The van der Waals surface area contributed by atoms with Gasteiger partial charge in [0, 0.05) is 36.2 Å². The zero-order valence-electron chi connectivity index (χ0n) is 12.5. The molecule has 2 N–H and O–H groups in total. The van der Waals surface area contributed by atoms with Gasteiger partial charge in [-0.3, -0.25) is 4.90 Å².